The third-order valence-corrected chi connectivity index (χ3v) is 2.47. The van der Waals surface area contributed by atoms with E-state index >= 15 is 0 Å². The molecular formula is C10H11ClN2O5. The quantitative estimate of drug-likeness (QED) is 0.599. The SMILES string of the molecule is CNC(COc1ccc([N+](=O)[O-])cc1Cl)C(=O)O. The topological polar surface area (TPSA) is 102 Å². The van der Waals surface area contributed by atoms with Crippen molar-refractivity contribution in [3.63, 3.8) is 0 Å². The number of benzene rings is 1. The fourth-order valence-corrected chi connectivity index (χ4v) is 1.40. The monoisotopic (exact) mass is 274 g/mol. The molecule has 0 radical (unpaired) electrons. The van der Waals surface area contributed by atoms with Gasteiger partial charge in [-0.1, -0.05) is 11.6 Å². The highest BCUT2D eigenvalue weighted by molar-refractivity contribution is 6.32. The first kappa shape index (κ1) is 14.2. The lowest BCUT2D eigenvalue weighted by Gasteiger charge is -2.13. The molecule has 0 spiro atoms. The van der Waals surface area contributed by atoms with Crippen LogP contribution in [0.2, 0.25) is 5.02 Å². The van der Waals surface area contributed by atoms with Crippen molar-refractivity contribution < 1.29 is 19.6 Å². The van der Waals surface area contributed by atoms with Crippen molar-refractivity contribution >= 4 is 23.3 Å². The van der Waals surface area contributed by atoms with Gasteiger partial charge in [0.25, 0.3) is 5.69 Å². The zero-order chi connectivity index (χ0) is 13.7. The van der Waals surface area contributed by atoms with Crippen LogP contribution in [0.3, 0.4) is 0 Å². The van der Waals surface area contributed by atoms with Gasteiger partial charge in [-0.25, -0.2) is 0 Å². The van der Waals surface area contributed by atoms with Crippen LogP contribution in [-0.4, -0.2) is 35.7 Å². The number of ether oxygens (including phenoxy) is 1. The maximum Gasteiger partial charge on any atom is 0.324 e. The molecule has 1 aromatic rings. The van der Waals surface area contributed by atoms with E-state index in [2.05, 4.69) is 5.32 Å². The van der Waals surface area contributed by atoms with Crippen molar-refractivity contribution in [3.8, 4) is 5.75 Å². The molecule has 0 fully saturated rings. The molecule has 98 valence electrons. The van der Waals surface area contributed by atoms with Crippen LogP contribution in [-0.2, 0) is 4.79 Å². The number of nitrogens with zero attached hydrogens (tertiary/aromatic N) is 1. The number of carboxylic acid groups (broad SMARTS) is 1. The number of likely N-dealkylation sites (N-methyl/N-ethyl adjacent to an activating group) is 1. The summed E-state index contributed by atoms with van der Waals surface area (Å²) in [4.78, 5) is 20.6. The summed E-state index contributed by atoms with van der Waals surface area (Å²) in [6.45, 7) is -0.136. The van der Waals surface area contributed by atoms with Gasteiger partial charge >= 0.3 is 5.97 Å². The number of hydrogen-bond acceptors (Lipinski definition) is 5. The van der Waals surface area contributed by atoms with E-state index in [0.29, 0.717) is 0 Å². The number of carbonyl (C=O) groups is 1. The molecular weight excluding hydrogens is 264 g/mol. The Morgan fingerprint density at radius 2 is 2.33 bits per heavy atom. The van der Waals surface area contributed by atoms with E-state index in [9.17, 15) is 14.9 Å². The van der Waals surface area contributed by atoms with E-state index < -0.39 is 16.9 Å². The van der Waals surface area contributed by atoms with Gasteiger partial charge in [-0.15, -0.1) is 0 Å². The zero-order valence-corrected chi connectivity index (χ0v) is 10.2. The summed E-state index contributed by atoms with van der Waals surface area (Å²) in [5, 5.41) is 21.9. The van der Waals surface area contributed by atoms with Gasteiger partial charge in [-0.3, -0.25) is 14.9 Å². The number of nitro groups is 1. The highest BCUT2D eigenvalue weighted by atomic mass is 35.5. The highest BCUT2D eigenvalue weighted by Crippen LogP contribution is 2.28. The first-order valence-electron chi connectivity index (χ1n) is 4.92. The Morgan fingerprint density at radius 3 is 2.78 bits per heavy atom. The molecule has 7 nitrogen and oxygen atoms in total. The Labute approximate surface area is 107 Å². The second-order valence-electron chi connectivity index (χ2n) is 3.36. The van der Waals surface area contributed by atoms with Crippen LogP contribution < -0.4 is 10.1 Å². The number of non-ortho nitro benzene ring substituents is 1. The summed E-state index contributed by atoms with van der Waals surface area (Å²) in [7, 11) is 1.49. The second-order valence-corrected chi connectivity index (χ2v) is 3.77. The Morgan fingerprint density at radius 1 is 1.67 bits per heavy atom. The average molecular weight is 275 g/mol. The molecule has 0 bridgehead atoms. The smallest absolute Gasteiger partial charge is 0.324 e. The summed E-state index contributed by atoms with van der Waals surface area (Å²) in [5.41, 5.74) is -0.157. The van der Waals surface area contributed by atoms with E-state index in [1.807, 2.05) is 0 Å². The van der Waals surface area contributed by atoms with Crippen LogP contribution in [0.1, 0.15) is 0 Å². The minimum Gasteiger partial charge on any atom is -0.490 e. The third kappa shape index (κ3) is 3.57. The van der Waals surface area contributed by atoms with Crippen molar-refractivity contribution in [2.45, 2.75) is 6.04 Å². The van der Waals surface area contributed by atoms with Gasteiger partial charge in [0, 0.05) is 12.1 Å². The predicted molar refractivity (Wildman–Crippen MR) is 64.1 cm³/mol. The van der Waals surface area contributed by atoms with Crippen LogP contribution in [0.5, 0.6) is 5.75 Å². The Balaban J connectivity index is 2.74. The van der Waals surface area contributed by atoms with E-state index in [1.54, 1.807) is 0 Å². The number of nitro benzene ring substituents is 1. The van der Waals surface area contributed by atoms with E-state index in [0.717, 1.165) is 6.07 Å². The zero-order valence-electron chi connectivity index (χ0n) is 9.42. The summed E-state index contributed by atoms with van der Waals surface area (Å²) in [5.74, 6) is -0.862. The first-order chi connectivity index (χ1) is 8.45. The number of nitrogens with one attached hydrogen (secondary N) is 1. The molecule has 0 aromatic heterocycles. The lowest BCUT2D eigenvalue weighted by atomic mass is 10.3. The number of halogens is 1. The molecule has 0 aliphatic heterocycles. The van der Waals surface area contributed by atoms with E-state index in [4.69, 9.17) is 21.4 Å². The molecule has 0 heterocycles. The molecule has 0 aliphatic carbocycles. The first-order valence-corrected chi connectivity index (χ1v) is 5.30. The molecule has 1 atom stereocenters. The van der Waals surface area contributed by atoms with Gasteiger partial charge in [0.05, 0.1) is 9.95 Å². The minimum absolute atomic E-state index is 0.0597. The molecule has 1 rings (SSSR count). The number of carboxylic acids is 1. The maximum absolute atomic E-state index is 10.7. The molecule has 2 N–H and O–H groups in total. The summed E-state index contributed by atoms with van der Waals surface area (Å²) >= 11 is 5.78. The predicted octanol–water partition coefficient (Wildman–Crippen LogP) is 1.30. The van der Waals surface area contributed by atoms with Gasteiger partial charge in [-0.2, -0.15) is 0 Å². The summed E-state index contributed by atoms with van der Waals surface area (Å²) in [6, 6.07) is 2.83. The molecule has 0 amide bonds. The van der Waals surface area contributed by atoms with Crippen LogP contribution in [0.25, 0.3) is 0 Å². The standard InChI is InChI=1S/C10H11ClN2O5/c1-12-8(10(14)15)5-18-9-3-2-6(13(16)17)4-7(9)11/h2-4,8,12H,5H2,1H3,(H,14,15). The molecule has 18 heavy (non-hydrogen) atoms. The Hall–Kier alpha value is -1.86. The number of hydrogen-bond donors (Lipinski definition) is 2. The molecule has 0 aliphatic rings. The molecule has 1 aromatic carbocycles. The largest absolute Gasteiger partial charge is 0.490 e. The number of rotatable bonds is 6. The van der Waals surface area contributed by atoms with Gasteiger partial charge in [0.15, 0.2) is 0 Å². The maximum atomic E-state index is 10.7. The van der Waals surface area contributed by atoms with Gasteiger partial charge < -0.3 is 15.2 Å². The normalized spacial score (nSPS) is 11.9. The van der Waals surface area contributed by atoms with E-state index in [1.165, 1.54) is 19.2 Å². The summed E-state index contributed by atoms with van der Waals surface area (Å²) < 4.78 is 5.19. The fraction of sp³-hybridized carbons (Fsp3) is 0.300. The van der Waals surface area contributed by atoms with Crippen LogP contribution in [0, 0.1) is 10.1 Å². The van der Waals surface area contributed by atoms with Crippen molar-refractivity contribution in [2.24, 2.45) is 0 Å². The second kappa shape index (κ2) is 6.18. The lowest BCUT2D eigenvalue weighted by Crippen LogP contribution is -2.39. The van der Waals surface area contributed by atoms with Crippen molar-refractivity contribution in [3.05, 3.63) is 33.3 Å². The third-order valence-electron chi connectivity index (χ3n) is 2.18. The van der Waals surface area contributed by atoms with Crippen LogP contribution in [0.15, 0.2) is 18.2 Å². The lowest BCUT2D eigenvalue weighted by molar-refractivity contribution is -0.384. The highest BCUT2D eigenvalue weighted by Gasteiger charge is 2.17. The van der Waals surface area contributed by atoms with Gasteiger partial charge in [-0.05, 0) is 13.1 Å². The van der Waals surface area contributed by atoms with Crippen molar-refractivity contribution in [1.29, 1.82) is 0 Å². The molecule has 0 saturated carbocycles. The summed E-state index contributed by atoms with van der Waals surface area (Å²) in [6.07, 6.45) is 0. The fourth-order valence-electron chi connectivity index (χ4n) is 1.17. The molecule has 1 unspecified atom stereocenters. The minimum atomic E-state index is -1.06. The number of aliphatic carboxylic acids is 1. The van der Waals surface area contributed by atoms with Gasteiger partial charge in [0.1, 0.15) is 18.4 Å². The van der Waals surface area contributed by atoms with Crippen LogP contribution >= 0.6 is 11.6 Å². The van der Waals surface area contributed by atoms with Gasteiger partial charge in [0.2, 0.25) is 0 Å². The Bertz CT molecular complexity index is 466. The average Bonchev–Trinajstić information content (AvgIpc) is 2.30. The Kier molecular flexibility index (Phi) is 4.87. The van der Waals surface area contributed by atoms with Crippen molar-refractivity contribution in [2.75, 3.05) is 13.7 Å². The van der Waals surface area contributed by atoms with Crippen LogP contribution in [0.4, 0.5) is 5.69 Å². The molecule has 0 saturated heterocycles. The van der Waals surface area contributed by atoms with E-state index in [-0.39, 0.29) is 23.1 Å². The van der Waals surface area contributed by atoms with Crippen molar-refractivity contribution in [1.82, 2.24) is 5.32 Å². The molecule has 8 heteroatoms.